The zero-order valence-corrected chi connectivity index (χ0v) is 14.8. The zero-order valence-electron chi connectivity index (χ0n) is 14.0. The van der Waals surface area contributed by atoms with E-state index in [4.69, 9.17) is 14.4 Å². The molecule has 2 N–H and O–H groups in total. The maximum absolute atomic E-state index is 11.9. The summed E-state index contributed by atoms with van der Waals surface area (Å²) in [5.41, 5.74) is 5.44. The summed E-state index contributed by atoms with van der Waals surface area (Å²) in [5, 5.41) is 11.4. The monoisotopic (exact) mass is 382 g/mol. The van der Waals surface area contributed by atoms with Gasteiger partial charge >= 0.3 is 0 Å². The first kappa shape index (κ1) is 18.2. The standard InChI is InChI=1S/C18H14N4O4S/c19-9-12-4-1-2-5-14(12)26-10-17(24)22-21-16(23)8-13-11-27-18(20-13)15-6-3-7-25-15/h1-7,11H,8,10H2,(H,21,23)(H,22,24). The van der Waals surface area contributed by atoms with Crippen LogP contribution in [0.1, 0.15) is 11.3 Å². The lowest BCUT2D eigenvalue weighted by atomic mass is 10.2. The van der Waals surface area contributed by atoms with Gasteiger partial charge in [-0.1, -0.05) is 12.1 Å². The molecule has 0 aliphatic heterocycles. The molecule has 3 aromatic rings. The van der Waals surface area contributed by atoms with Crippen molar-refractivity contribution >= 4 is 23.2 Å². The number of hydrazine groups is 1. The van der Waals surface area contributed by atoms with Gasteiger partial charge in [0, 0.05) is 5.38 Å². The van der Waals surface area contributed by atoms with E-state index in [-0.39, 0.29) is 13.0 Å². The molecule has 3 rings (SSSR count). The van der Waals surface area contributed by atoms with Gasteiger partial charge in [-0.15, -0.1) is 11.3 Å². The van der Waals surface area contributed by atoms with E-state index in [1.54, 1.807) is 48.0 Å². The highest BCUT2D eigenvalue weighted by molar-refractivity contribution is 7.13. The van der Waals surface area contributed by atoms with Gasteiger partial charge in [-0.25, -0.2) is 4.98 Å². The average molecular weight is 382 g/mol. The lowest BCUT2D eigenvalue weighted by molar-refractivity contribution is -0.129. The summed E-state index contributed by atoms with van der Waals surface area (Å²) in [6.45, 7) is -0.335. The lowest BCUT2D eigenvalue weighted by Gasteiger charge is -2.09. The van der Waals surface area contributed by atoms with Crippen LogP contribution < -0.4 is 15.6 Å². The number of nitriles is 1. The van der Waals surface area contributed by atoms with Gasteiger partial charge < -0.3 is 9.15 Å². The van der Waals surface area contributed by atoms with E-state index in [0.29, 0.717) is 27.8 Å². The Bertz CT molecular complexity index is 975. The normalized spacial score (nSPS) is 10.0. The van der Waals surface area contributed by atoms with Gasteiger partial charge in [0.1, 0.15) is 11.8 Å². The Labute approximate surface area is 158 Å². The molecule has 0 atom stereocenters. The Morgan fingerprint density at radius 3 is 2.78 bits per heavy atom. The Hall–Kier alpha value is -3.64. The summed E-state index contributed by atoms with van der Waals surface area (Å²) in [4.78, 5) is 28.0. The van der Waals surface area contributed by atoms with Gasteiger partial charge in [0.25, 0.3) is 5.91 Å². The van der Waals surface area contributed by atoms with Gasteiger partial charge in [0.15, 0.2) is 17.4 Å². The number of hydrogen-bond acceptors (Lipinski definition) is 7. The summed E-state index contributed by atoms with van der Waals surface area (Å²) in [6, 6.07) is 12.1. The third kappa shape index (κ3) is 4.93. The number of thiazole rings is 1. The number of ether oxygens (including phenoxy) is 1. The van der Waals surface area contributed by atoms with Crippen molar-refractivity contribution < 1.29 is 18.7 Å². The molecule has 0 aliphatic carbocycles. The van der Waals surface area contributed by atoms with E-state index < -0.39 is 11.8 Å². The highest BCUT2D eigenvalue weighted by Crippen LogP contribution is 2.24. The second-order valence-electron chi connectivity index (χ2n) is 5.29. The minimum Gasteiger partial charge on any atom is -0.482 e. The van der Waals surface area contributed by atoms with Crippen LogP contribution in [0.5, 0.6) is 5.75 Å². The molecule has 2 aromatic heterocycles. The van der Waals surface area contributed by atoms with Crippen molar-refractivity contribution in [2.75, 3.05) is 6.61 Å². The van der Waals surface area contributed by atoms with E-state index in [9.17, 15) is 9.59 Å². The number of furan rings is 1. The number of hydrogen-bond donors (Lipinski definition) is 2. The van der Waals surface area contributed by atoms with Crippen molar-refractivity contribution in [3.63, 3.8) is 0 Å². The summed E-state index contributed by atoms with van der Waals surface area (Å²) in [6.07, 6.45) is 1.56. The summed E-state index contributed by atoms with van der Waals surface area (Å²) < 4.78 is 10.5. The van der Waals surface area contributed by atoms with Crippen LogP contribution in [-0.2, 0) is 16.0 Å². The minimum absolute atomic E-state index is 0.00954. The molecule has 136 valence electrons. The second kappa shape index (κ2) is 8.64. The molecule has 0 spiro atoms. The van der Waals surface area contributed by atoms with Crippen LogP contribution in [0.25, 0.3) is 10.8 Å². The second-order valence-corrected chi connectivity index (χ2v) is 6.15. The maximum Gasteiger partial charge on any atom is 0.276 e. The number of nitrogens with zero attached hydrogens (tertiary/aromatic N) is 2. The highest BCUT2D eigenvalue weighted by atomic mass is 32.1. The fraction of sp³-hybridized carbons (Fsp3) is 0.111. The third-order valence-corrected chi connectivity index (χ3v) is 4.24. The molecule has 27 heavy (non-hydrogen) atoms. The molecular formula is C18H14N4O4S. The maximum atomic E-state index is 11.9. The van der Waals surface area contributed by atoms with Crippen LogP contribution in [0.3, 0.4) is 0 Å². The molecule has 8 nitrogen and oxygen atoms in total. The Balaban J connectivity index is 1.44. The van der Waals surface area contributed by atoms with Gasteiger partial charge in [0.05, 0.1) is 23.9 Å². The number of carbonyl (C=O) groups excluding carboxylic acids is 2. The quantitative estimate of drug-likeness (QED) is 0.630. The van der Waals surface area contributed by atoms with Crippen LogP contribution in [-0.4, -0.2) is 23.4 Å². The summed E-state index contributed by atoms with van der Waals surface area (Å²) in [7, 11) is 0. The molecule has 0 saturated heterocycles. The first-order chi connectivity index (χ1) is 13.2. The molecule has 0 saturated carbocycles. The number of nitrogens with one attached hydrogen (secondary N) is 2. The predicted octanol–water partition coefficient (Wildman–Crippen LogP) is 2.04. The fourth-order valence-corrected chi connectivity index (χ4v) is 2.90. The van der Waals surface area contributed by atoms with Crippen molar-refractivity contribution in [2.24, 2.45) is 0 Å². The number of aromatic nitrogens is 1. The molecule has 0 bridgehead atoms. The van der Waals surface area contributed by atoms with Crippen molar-refractivity contribution in [2.45, 2.75) is 6.42 Å². The first-order valence-electron chi connectivity index (χ1n) is 7.83. The molecule has 1 aromatic carbocycles. The van der Waals surface area contributed by atoms with Crippen molar-refractivity contribution in [1.29, 1.82) is 5.26 Å². The molecule has 2 heterocycles. The van der Waals surface area contributed by atoms with Gasteiger partial charge in [0.2, 0.25) is 5.91 Å². The molecule has 2 amide bonds. The minimum atomic E-state index is -0.550. The van der Waals surface area contributed by atoms with E-state index in [0.717, 1.165) is 0 Å². The fourth-order valence-electron chi connectivity index (χ4n) is 2.11. The third-order valence-electron chi connectivity index (χ3n) is 3.33. The molecular weight excluding hydrogens is 368 g/mol. The first-order valence-corrected chi connectivity index (χ1v) is 8.71. The van der Waals surface area contributed by atoms with Gasteiger partial charge in [-0.3, -0.25) is 20.4 Å². The van der Waals surface area contributed by atoms with Crippen molar-refractivity contribution in [3.8, 4) is 22.6 Å². The number of benzene rings is 1. The molecule has 9 heteroatoms. The molecule has 0 aliphatic rings. The van der Waals surface area contributed by atoms with Gasteiger partial charge in [-0.2, -0.15) is 5.26 Å². The summed E-state index contributed by atoms with van der Waals surface area (Å²) >= 11 is 1.36. The number of para-hydroxylation sites is 1. The molecule has 0 unspecified atom stereocenters. The predicted molar refractivity (Wildman–Crippen MR) is 96.5 cm³/mol. The van der Waals surface area contributed by atoms with Crippen LogP contribution in [0.4, 0.5) is 0 Å². The largest absolute Gasteiger partial charge is 0.482 e. The highest BCUT2D eigenvalue weighted by Gasteiger charge is 2.12. The summed E-state index contributed by atoms with van der Waals surface area (Å²) in [5.74, 6) is -0.0353. The van der Waals surface area contributed by atoms with Crippen LogP contribution in [0, 0.1) is 11.3 Å². The van der Waals surface area contributed by atoms with E-state index >= 15 is 0 Å². The zero-order chi connectivity index (χ0) is 19.1. The number of amides is 2. The molecule has 0 fully saturated rings. The average Bonchev–Trinajstić information content (AvgIpc) is 3.36. The van der Waals surface area contributed by atoms with Crippen molar-refractivity contribution in [3.05, 3.63) is 59.3 Å². The van der Waals surface area contributed by atoms with Crippen LogP contribution >= 0.6 is 11.3 Å². The van der Waals surface area contributed by atoms with Crippen LogP contribution in [0.15, 0.2) is 52.5 Å². The Morgan fingerprint density at radius 2 is 2.00 bits per heavy atom. The van der Waals surface area contributed by atoms with E-state index in [1.165, 1.54) is 11.3 Å². The van der Waals surface area contributed by atoms with E-state index in [2.05, 4.69) is 15.8 Å². The van der Waals surface area contributed by atoms with E-state index in [1.807, 2.05) is 6.07 Å². The van der Waals surface area contributed by atoms with Gasteiger partial charge in [-0.05, 0) is 24.3 Å². The SMILES string of the molecule is N#Cc1ccccc1OCC(=O)NNC(=O)Cc1csc(-c2ccco2)n1. The van der Waals surface area contributed by atoms with Crippen molar-refractivity contribution in [1.82, 2.24) is 15.8 Å². The topological polar surface area (TPSA) is 117 Å². The number of carbonyl (C=O) groups is 2. The van der Waals surface area contributed by atoms with Crippen LogP contribution in [0.2, 0.25) is 0 Å². The number of rotatable bonds is 6. The Morgan fingerprint density at radius 1 is 1.19 bits per heavy atom. The smallest absolute Gasteiger partial charge is 0.276 e. The molecule has 0 radical (unpaired) electrons. The Kier molecular flexibility index (Phi) is 5.81. The lowest BCUT2D eigenvalue weighted by Crippen LogP contribution is -2.44.